The van der Waals surface area contributed by atoms with Gasteiger partial charge in [0.25, 0.3) is 11.8 Å². The number of nitrogen functional groups attached to an aromatic ring is 1. The molecule has 64 valence electrons. The molecule has 6 N–H and O–H groups in total. The summed E-state index contributed by atoms with van der Waals surface area (Å²) in [6.07, 6.45) is 0. The first-order chi connectivity index (χ1) is 5.54. The second-order valence-corrected chi connectivity index (χ2v) is 2.00. The number of rotatable bonds is 2. The number of nitrogens with zero attached hydrogens (tertiary/aromatic N) is 1. The van der Waals surface area contributed by atoms with Crippen molar-refractivity contribution < 1.29 is 14.1 Å². The topological polar surface area (TPSA) is 138 Å². The maximum atomic E-state index is 10.6. The van der Waals surface area contributed by atoms with Crippen LogP contribution in [0.5, 0.6) is 0 Å². The van der Waals surface area contributed by atoms with Crippen LogP contribution in [0.1, 0.15) is 20.8 Å². The summed E-state index contributed by atoms with van der Waals surface area (Å²) in [4.78, 5) is 21.2. The fraction of sp³-hybridized carbons (Fsp3) is 0. The van der Waals surface area contributed by atoms with Crippen LogP contribution in [0.2, 0.25) is 0 Å². The van der Waals surface area contributed by atoms with E-state index in [2.05, 4.69) is 9.68 Å². The second kappa shape index (κ2) is 2.53. The highest BCUT2D eigenvalue weighted by molar-refractivity contribution is 6.07. The van der Waals surface area contributed by atoms with E-state index in [4.69, 9.17) is 17.2 Å². The van der Waals surface area contributed by atoms with Gasteiger partial charge in [-0.15, -0.1) is 0 Å². The zero-order chi connectivity index (χ0) is 9.30. The third-order valence-electron chi connectivity index (χ3n) is 1.20. The Kier molecular flexibility index (Phi) is 1.70. The number of hydrogen-bond acceptors (Lipinski definition) is 5. The fourth-order valence-electron chi connectivity index (χ4n) is 0.709. The van der Waals surface area contributed by atoms with Gasteiger partial charge in [-0.2, -0.15) is 0 Å². The molecule has 1 aromatic heterocycles. The number of carbonyl (C=O) groups is 2. The molecule has 0 unspecified atom stereocenters. The van der Waals surface area contributed by atoms with E-state index in [9.17, 15) is 9.59 Å². The Hall–Kier alpha value is -2.05. The molecular formula is C5H6N4O3. The molecule has 0 spiro atoms. The molecule has 0 aliphatic heterocycles. The Balaban J connectivity index is 3.31. The molecule has 0 saturated heterocycles. The first-order valence-electron chi connectivity index (χ1n) is 2.88. The van der Waals surface area contributed by atoms with Gasteiger partial charge in [-0.1, -0.05) is 5.16 Å². The Morgan fingerprint density at radius 2 is 1.83 bits per heavy atom. The third-order valence-corrected chi connectivity index (χ3v) is 1.20. The SMILES string of the molecule is NC(=O)c1noc(N)c1C(N)=O. The highest BCUT2D eigenvalue weighted by atomic mass is 16.5. The maximum Gasteiger partial charge on any atom is 0.271 e. The number of primary amides is 2. The molecular weight excluding hydrogens is 164 g/mol. The highest BCUT2D eigenvalue weighted by Gasteiger charge is 2.22. The lowest BCUT2D eigenvalue weighted by Gasteiger charge is -1.90. The predicted octanol–water partition coefficient (Wildman–Crippen LogP) is -1.55. The van der Waals surface area contributed by atoms with E-state index in [1.54, 1.807) is 0 Å². The predicted molar refractivity (Wildman–Crippen MR) is 38.0 cm³/mol. The highest BCUT2D eigenvalue weighted by Crippen LogP contribution is 2.14. The van der Waals surface area contributed by atoms with Crippen molar-refractivity contribution in [3.05, 3.63) is 11.3 Å². The molecule has 0 atom stereocenters. The number of anilines is 1. The van der Waals surface area contributed by atoms with Gasteiger partial charge in [-0.25, -0.2) is 0 Å². The van der Waals surface area contributed by atoms with Gasteiger partial charge in [0.15, 0.2) is 5.69 Å². The van der Waals surface area contributed by atoms with Crippen molar-refractivity contribution in [3.8, 4) is 0 Å². The van der Waals surface area contributed by atoms with E-state index in [1.165, 1.54) is 0 Å². The number of aromatic nitrogens is 1. The molecule has 0 aliphatic carbocycles. The summed E-state index contributed by atoms with van der Waals surface area (Å²) in [6, 6.07) is 0. The standard InChI is InChI=1S/C5H6N4O3/c6-3(10)1-2(4(7)11)9-12-5(1)8/h8H2,(H2,6,10)(H2,7,11). The van der Waals surface area contributed by atoms with Crippen LogP contribution < -0.4 is 17.2 Å². The molecule has 7 nitrogen and oxygen atoms in total. The molecule has 0 aromatic carbocycles. The first kappa shape index (κ1) is 8.05. The van der Waals surface area contributed by atoms with Gasteiger partial charge in [0.1, 0.15) is 5.56 Å². The van der Waals surface area contributed by atoms with E-state index in [0.717, 1.165) is 0 Å². The molecule has 0 saturated carbocycles. The van der Waals surface area contributed by atoms with Crippen LogP contribution in [0.25, 0.3) is 0 Å². The average Bonchev–Trinajstić information content (AvgIpc) is 2.30. The van der Waals surface area contributed by atoms with Crippen LogP contribution in [0, 0.1) is 0 Å². The van der Waals surface area contributed by atoms with Crippen LogP contribution in [0.4, 0.5) is 5.88 Å². The summed E-state index contributed by atoms with van der Waals surface area (Å²) in [5.41, 5.74) is 14.2. The first-order valence-corrected chi connectivity index (χ1v) is 2.88. The third kappa shape index (κ3) is 1.07. The van der Waals surface area contributed by atoms with Gasteiger partial charge in [-0.3, -0.25) is 9.59 Å². The molecule has 0 radical (unpaired) electrons. The summed E-state index contributed by atoms with van der Waals surface area (Å²) in [5, 5.41) is 3.16. The zero-order valence-corrected chi connectivity index (χ0v) is 5.90. The minimum Gasteiger partial charge on any atom is -0.367 e. The molecule has 1 aromatic rings. The van der Waals surface area contributed by atoms with Gasteiger partial charge in [-0.05, 0) is 0 Å². The van der Waals surface area contributed by atoms with E-state index >= 15 is 0 Å². The molecule has 0 fully saturated rings. The Morgan fingerprint density at radius 3 is 2.17 bits per heavy atom. The minimum absolute atomic E-state index is 0.275. The van der Waals surface area contributed by atoms with Gasteiger partial charge in [0.05, 0.1) is 0 Å². The quantitative estimate of drug-likeness (QED) is 0.493. The minimum atomic E-state index is -0.913. The zero-order valence-electron chi connectivity index (χ0n) is 5.90. The second-order valence-electron chi connectivity index (χ2n) is 2.00. The van der Waals surface area contributed by atoms with Crippen molar-refractivity contribution in [1.29, 1.82) is 0 Å². The normalized spacial score (nSPS) is 9.67. The average molecular weight is 170 g/mol. The molecule has 12 heavy (non-hydrogen) atoms. The van der Waals surface area contributed by atoms with Crippen LogP contribution in [-0.2, 0) is 0 Å². The smallest absolute Gasteiger partial charge is 0.271 e. The Morgan fingerprint density at radius 1 is 1.25 bits per heavy atom. The van der Waals surface area contributed by atoms with Gasteiger partial charge in [0, 0.05) is 0 Å². The monoisotopic (exact) mass is 170 g/mol. The Bertz CT molecular complexity index is 342. The van der Waals surface area contributed by atoms with E-state index in [-0.39, 0.29) is 17.1 Å². The van der Waals surface area contributed by atoms with E-state index in [1.807, 2.05) is 0 Å². The van der Waals surface area contributed by atoms with Crippen LogP contribution in [0.15, 0.2) is 4.52 Å². The maximum absolute atomic E-state index is 10.6. The van der Waals surface area contributed by atoms with Crippen LogP contribution >= 0.6 is 0 Å². The molecule has 0 aliphatic rings. The number of hydrogen-bond donors (Lipinski definition) is 3. The van der Waals surface area contributed by atoms with Gasteiger partial charge in [0.2, 0.25) is 5.88 Å². The lowest BCUT2D eigenvalue weighted by Crippen LogP contribution is -2.20. The van der Waals surface area contributed by atoms with Crippen molar-refractivity contribution >= 4 is 17.7 Å². The van der Waals surface area contributed by atoms with Crippen LogP contribution in [0.3, 0.4) is 0 Å². The van der Waals surface area contributed by atoms with E-state index in [0.29, 0.717) is 0 Å². The fourth-order valence-corrected chi connectivity index (χ4v) is 0.709. The summed E-state index contributed by atoms with van der Waals surface area (Å²) < 4.78 is 4.34. The number of amides is 2. The lowest BCUT2D eigenvalue weighted by molar-refractivity contribution is 0.0964. The molecule has 0 bridgehead atoms. The molecule has 2 amide bonds. The van der Waals surface area contributed by atoms with Crippen molar-refractivity contribution in [3.63, 3.8) is 0 Å². The van der Waals surface area contributed by atoms with Crippen molar-refractivity contribution in [2.75, 3.05) is 5.73 Å². The van der Waals surface area contributed by atoms with Crippen molar-refractivity contribution in [1.82, 2.24) is 5.16 Å². The molecule has 7 heteroatoms. The van der Waals surface area contributed by atoms with E-state index < -0.39 is 11.8 Å². The lowest BCUT2D eigenvalue weighted by atomic mass is 10.2. The molecule has 1 heterocycles. The summed E-state index contributed by atoms with van der Waals surface area (Å²) in [7, 11) is 0. The summed E-state index contributed by atoms with van der Waals surface area (Å²) in [6.45, 7) is 0. The van der Waals surface area contributed by atoms with Crippen molar-refractivity contribution in [2.45, 2.75) is 0 Å². The number of carbonyl (C=O) groups excluding carboxylic acids is 2. The van der Waals surface area contributed by atoms with Gasteiger partial charge < -0.3 is 21.7 Å². The van der Waals surface area contributed by atoms with Crippen LogP contribution in [-0.4, -0.2) is 17.0 Å². The Labute approximate surface area is 66.5 Å². The molecule has 1 rings (SSSR count). The van der Waals surface area contributed by atoms with Gasteiger partial charge >= 0.3 is 0 Å². The van der Waals surface area contributed by atoms with Crippen molar-refractivity contribution in [2.24, 2.45) is 11.5 Å². The summed E-state index contributed by atoms with van der Waals surface area (Å²) >= 11 is 0. The largest absolute Gasteiger partial charge is 0.367 e. The summed E-state index contributed by atoms with van der Waals surface area (Å²) in [5.74, 6) is -2.12. The number of nitrogens with two attached hydrogens (primary N) is 3.